The van der Waals surface area contributed by atoms with Gasteiger partial charge in [-0.1, -0.05) is 18.2 Å². The topological polar surface area (TPSA) is 78.6 Å². The number of aromatic nitrogens is 2. The van der Waals surface area contributed by atoms with Gasteiger partial charge in [-0.05, 0) is 67.7 Å². The molecule has 0 bridgehead atoms. The molecule has 0 spiro atoms. The van der Waals surface area contributed by atoms with Gasteiger partial charge in [0, 0.05) is 36.0 Å². The lowest BCUT2D eigenvalue weighted by Crippen LogP contribution is -2.48. The molecule has 2 heterocycles. The van der Waals surface area contributed by atoms with E-state index in [0.29, 0.717) is 18.5 Å². The lowest BCUT2D eigenvalue weighted by atomic mass is 9.82. The summed E-state index contributed by atoms with van der Waals surface area (Å²) in [5.74, 6) is -2.88. The molecule has 2 aromatic carbocycles. The van der Waals surface area contributed by atoms with Gasteiger partial charge < -0.3 is 10.2 Å². The van der Waals surface area contributed by atoms with Gasteiger partial charge in [0.25, 0.3) is 0 Å². The Morgan fingerprint density at radius 3 is 2.51 bits per heavy atom. The van der Waals surface area contributed by atoms with Gasteiger partial charge in [-0.3, -0.25) is 9.58 Å². The summed E-state index contributed by atoms with van der Waals surface area (Å²) in [4.78, 5) is 12.6. The number of benzene rings is 2. The molecule has 4 rings (SSSR count). The molecule has 196 valence electrons. The monoisotopic (exact) mass is 513 g/mol. The Labute approximate surface area is 213 Å². The normalized spacial score (nSPS) is 18.4. The van der Waals surface area contributed by atoms with E-state index in [1.54, 1.807) is 15.8 Å². The number of aliphatic hydroxyl groups excluding tert-OH is 1. The molecule has 37 heavy (non-hydrogen) atoms. The SMILES string of the molecule is C[C@H]1Cc2cc(-c3cnn(CCO)c3)ccc2C(c2c(F)cc(/C=C/C(=O)O)cc2F)N1CC(C)(C)F. The summed E-state index contributed by atoms with van der Waals surface area (Å²) >= 11 is 0. The minimum absolute atomic E-state index is 0.0342. The van der Waals surface area contributed by atoms with E-state index in [1.165, 1.54) is 13.8 Å². The molecule has 0 saturated carbocycles. The number of fused-ring (bicyclic) bond motifs is 1. The van der Waals surface area contributed by atoms with Gasteiger partial charge in [0.1, 0.15) is 17.3 Å². The molecular formula is C28H30F3N3O3. The van der Waals surface area contributed by atoms with Crippen LogP contribution < -0.4 is 0 Å². The second kappa shape index (κ2) is 10.5. The number of nitrogens with zero attached hydrogens (tertiary/aromatic N) is 3. The zero-order valence-corrected chi connectivity index (χ0v) is 21.0. The predicted octanol–water partition coefficient (Wildman–Crippen LogP) is 5.00. The van der Waals surface area contributed by atoms with Crippen LogP contribution in [0.5, 0.6) is 0 Å². The first kappa shape index (κ1) is 26.6. The standard InChI is InChI=1S/C28H30F3N3O3/c1-17-10-20-13-19(21-14-32-33(15-21)8-9-35)5-6-22(20)27(34(17)16-28(2,3)31)26-23(29)11-18(12-24(26)30)4-7-25(36)37/h4-7,11-15,17,27,35H,8-10,16H2,1-3H3,(H,36,37)/b7-4+/t17-,27?/m0/s1. The first-order chi connectivity index (χ1) is 17.5. The van der Waals surface area contributed by atoms with E-state index in [9.17, 15) is 9.18 Å². The van der Waals surface area contributed by atoms with Crippen LogP contribution >= 0.6 is 0 Å². The van der Waals surface area contributed by atoms with Crippen molar-refractivity contribution in [2.75, 3.05) is 13.2 Å². The van der Waals surface area contributed by atoms with Gasteiger partial charge in [-0.2, -0.15) is 5.10 Å². The van der Waals surface area contributed by atoms with Crippen LogP contribution in [0.3, 0.4) is 0 Å². The van der Waals surface area contributed by atoms with Crippen molar-refractivity contribution in [2.45, 2.75) is 51.5 Å². The average molecular weight is 514 g/mol. The van der Waals surface area contributed by atoms with Gasteiger partial charge in [-0.25, -0.2) is 18.0 Å². The molecule has 0 radical (unpaired) electrons. The predicted molar refractivity (Wildman–Crippen MR) is 135 cm³/mol. The third-order valence-electron chi connectivity index (χ3n) is 6.50. The molecular weight excluding hydrogens is 483 g/mol. The van der Waals surface area contributed by atoms with Crippen LogP contribution in [0.1, 0.15) is 49.1 Å². The van der Waals surface area contributed by atoms with Gasteiger partial charge in [0.2, 0.25) is 0 Å². The molecule has 2 N–H and O–H groups in total. The van der Waals surface area contributed by atoms with Crippen LogP contribution in [-0.4, -0.2) is 55.7 Å². The minimum atomic E-state index is -1.61. The molecule has 0 amide bonds. The number of aliphatic hydroxyl groups is 1. The summed E-state index contributed by atoms with van der Waals surface area (Å²) in [5, 5.41) is 22.3. The highest BCUT2D eigenvalue weighted by Gasteiger charge is 2.39. The van der Waals surface area contributed by atoms with Crippen molar-refractivity contribution in [3.8, 4) is 11.1 Å². The molecule has 0 fully saturated rings. The van der Waals surface area contributed by atoms with E-state index < -0.39 is 29.3 Å². The second-order valence-electron chi connectivity index (χ2n) is 10.0. The Bertz CT molecular complexity index is 1310. The highest BCUT2D eigenvalue weighted by molar-refractivity contribution is 5.85. The molecule has 6 nitrogen and oxygen atoms in total. The third-order valence-corrected chi connectivity index (χ3v) is 6.50. The Balaban J connectivity index is 1.82. The van der Waals surface area contributed by atoms with Gasteiger partial charge in [-0.15, -0.1) is 0 Å². The van der Waals surface area contributed by atoms with Crippen molar-refractivity contribution in [3.63, 3.8) is 0 Å². The number of alkyl halides is 1. The highest BCUT2D eigenvalue weighted by atomic mass is 19.1. The largest absolute Gasteiger partial charge is 0.478 e. The fourth-order valence-corrected chi connectivity index (χ4v) is 4.97. The number of rotatable bonds is 8. The van der Waals surface area contributed by atoms with Crippen LogP contribution in [0.4, 0.5) is 13.2 Å². The maximum absolute atomic E-state index is 15.5. The molecule has 1 aliphatic rings. The van der Waals surface area contributed by atoms with Gasteiger partial charge >= 0.3 is 5.97 Å². The average Bonchev–Trinajstić information content (AvgIpc) is 3.27. The van der Waals surface area contributed by atoms with E-state index in [1.807, 2.05) is 31.3 Å². The molecule has 0 saturated heterocycles. The molecule has 2 atom stereocenters. The molecule has 1 aliphatic heterocycles. The zero-order valence-electron chi connectivity index (χ0n) is 21.0. The third kappa shape index (κ3) is 5.94. The fraction of sp³-hybridized carbons (Fsp3) is 0.357. The Morgan fingerprint density at radius 2 is 1.89 bits per heavy atom. The zero-order chi connectivity index (χ0) is 26.9. The second-order valence-corrected chi connectivity index (χ2v) is 10.0. The number of halogens is 3. The molecule has 1 aromatic heterocycles. The lowest BCUT2D eigenvalue weighted by Gasteiger charge is -2.44. The van der Waals surface area contributed by atoms with Crippen molar-refractivity contribution in [2.24, 2.45) is 0 Å². The number of carbonyl (C=O) groups is 1. The Kier molecular flexibility index (Phi) is 7.57. The van der Waals surface area contributed by atoms with Crippen molar-refractivity contribution < 1.29 is 28.2 Å². The number of carboxylic acids is 1. The number of hydrogen-bond acceptors (Lipinski definition) is 4. The van der Waals surface area contributed by atoms with Crippen molar-refractivity contribution in [1.29, 1.82) is 0 Å². The van der Waals surface area contributed by atoms with E-state index in [2.05, 4.69) is 5.10 Å². The van der Waals surface area contributed by atoms with Gasteiger partial charge in [0.05, 0.1) is 25.4 Å². The van der Waals surface area contributed by atoms with Crippen LogP contribution in [-0.2, 0) is 17.8 Å². The highest BCUT2D eigenvalue weighted by Crippen LogP contribution is 2.42. The summed E-state index contributed by atoms with van der Waals surface area (Å²) in [5.41, 5.74) is 1.57. The quantitative estimate of drug-likeness (QED) is 0.415. The van der Waals surface area contributed by atoms with Crippen LogP contribution in [0, 0.1) is 11.6 Å². The van der Waals surface area contributed by atoms with Gasteiger partial charge in [0.15, 0.2) is 0 Å². The summed E-state index contributed by atoms with van der Waals surface area (Å²) in [6.45, 7) is 5.08. The van der Waals surface area contributed by atoms with Crippen LogP contribution in [0.2, 0.25) is 0 Å². The van der Waals surface area contributed by atoms with Crippen molar-refractivity contribution in [3.05, 3.63) is 82.7 Å². The van der Waals surface area contributed by atoms with E-state index >= 15 is 8.78 Å². The maximum Gasteiger partial charge on any atom is 0.328 e. The summed E-state index contributed by atoms with van der Waals surface area (Å²) < 4.78 is 47.5. The maximum atomic E-state index is 15.5. The smallest absolute Gasteiger partial charge is 0.328 e. The fourth-order valence-electron chi connectivity index (χ4n) is 4.97. The first-order valence-electron chi connectivity index (χ1n) is 12.1. The molecule has 9 heteroatoms. The number of carboxylic acid groups (broad SMARTS) is 1. The molecule has 3 aromatic rings. The van der Waals surface area contributed by atoms with E-state index in [0.717, 1.165) is 41.0 Å². The van der Waals surface area contributed by atoms with E-state index in [-0.39, 0.29) is 30.3 Å². The molecule has 1 unspecified atom stereocenters. The number of aliphatic carboxylic acids is 1. The Hall–Kier alpha value is -3.43. The number of hydrogen-bond donors (Lipinski definition) is 2. The summed E-state index contributed by atoms with van der Waals surface area (Å²) in [6.07, 6.45) is 6.02. The minimum Gasteiger partial charge on any atom is -0.478 e. The van der Waals surface area contributed by atoms with Crippen LogP contribution in [0.15, 0.2) is 48.8 Å². The first-order valence-corrected chi connectivity index (χ1v) is 12.1. The van der Waals surface area contributed by atoms with Crippen molar-refractivity contribution in [1.82, 2.24) is 14.7 Å². The molecule has 0 aliphatic carbocycles. The lowest BCUT2D eigenvalue weighted by molar-refractivity contribution is -0.131. The summed E-state index contributed by atoms with van der Waals surface area (Å²) in [6, 6.07) is 6.74. The summed E-state index contributed by atoms with van der Waals surface area (Å²) in [7, 11) is 0. The Morgan fingerprint density at radius 1 is 1.19 bits per heavy atom. The van der Waals surface area contributed by atoms with Crippen LogP contribution in [0.25, 0.3) is 17.2 Å². The van der Waals surface area contributed by atoms with E-state index in [4.69, 9.17) is 10.2 Å². The van der Waals surface area contributed by atoms with Crippen molar-refractivity contribution >= 4 is 12.0 Å².